The third-order valence-corrected chi connectivity index (χ3v) is 5.10. The highest BCUT2D eigenvalue weighted by Gasteiger charge is 2.16. The predicted molar refractivity (Wildman–Crippen MR) is 95.7 cm³/mol. The lowest BCUT2D eigenvalue weighted by molar-refractivity contribution is -0.119. The average Bonchev–Trinajstić information content (AvgIpc) is 3.26. The van der Waals surface area contributed by atoms with Crippen LogP contribution in [-0.2, 0) is 9.53 Å². The Labute approximate surface area is 155 Å². The number of benzene rings is 1. The van der Waals surface area contributed by atoms with Gasteiger partial charge in [0.25, 0.3) is 5.91 Å². The third kappa shape index (κ3) is 4.41. The first kappa shape index (κ1) is 17.5. The Morgan fingerprint density at radius 2 is 2.12 bits per heavy atom. The SMILES string of the molecule is O=C(COC(=O)c1csc(-c2cccs2)n1)Nc1ccc(Cl)cc1F. The molecule has 0 atom stereocenters. The summed E-state index contributed by atoms with van der Waals surface area (Å²) in [6.45, 7) is -0.549. The van der Waals surface area contributed by atoms with Gasteiger partial charge in [0, 0.05) is 10.4 Å². The van der Waals surface area contributed by atoms with Crippen LogP contribution in [0.2, 0.25) is 5.02 Å². The van der Waals surface area contributed by atoms with Crippen LogP contribution >= 0.6 is 34.3 Å². The van der Waals surface area contributed by atoms with E-state index in [2.05, 4.69) is 10.3 Å². The lowest BCUT2D eigenvalue weighted by atomic mass is 10.3. The number of nitrogens with zero attached hydrogens (tertiary/aromatic N) is 1. The molecule has 0 saturated carbocycles. The summed E-state index contributed by atoms with van der Waals surface area (Å²) in [5.74, 6) is -2.05. The molecule has 0 radical (unpaired) electrons. The molecule has 0 fully saturated rings. The van der Waals surface area contributed by atoms with Crippen LogP contribution < -0.4 is 5.32 Å². The molecule has 5 nitrogen and oxygen atoms in total. The molecule has 0 aliphatic carbocycles. The van der Waals surface area contributed by atoms with E-state index in [0.29, 0.717) is 5.01 Å². The summed E-state index contributed by atoms with van der Waals surface area (Å²) < 4.78 is 18.5. The quantitative estimate of drug-likeness (QED) is 0.646. The van der Waals surface area contributed by atoms with Gasteiger partial charge in [0.15, 0.2) is 12.3 Å². The van der Waals surface area contributed by atoms with Gasteiger partial charge in [-0.3, -0.25) is 4.79 Å². The van der Waals surface area contributed by atoms with Crippen molar-refractivity contribution in [2.75, 3.05) is 11.9 Å². The van der Waals surface area contributed by atoms with Crippen molar-refractivity contribution >= 4 is 51.8 Å². The molecule has 0 unspecified atom stereocenters. The molecule has 0 aliphatic rings. The summed E-state index contributed by atoms with van der Waals surface area (Å²) in [4.78, 5) is 28.9. The molecule has 1 amide bonds. The van der Waals surface area contributed by atoms with Crippen LogP contribution in [0.25, 0.3) is 9.88 Å². The van der Waals surface area contributed by atoms with Crippen LogP contribution in [0.15, 0.2) is 41.1 Å². The molecule has 0 saturated heterocycles. The first-order valence-corrected chi connectivity index (χ1v) is 9.08. The zero-order valence-corrected chi connectivity index (χ0v) is 14.9. The fraction of sp³-hybridized carbons (Fsp3) is 0.0625. The second-order valence-electron chi connectivity index (χ2n) is 4.76. The Balaban J connectivity index is 1.56. The number of thiophene rings is 1. The second-order valence-corrected chi connectivity index (χ2v) is 7.01. The van der Waals surface area contributed by atoms with E-state index in [4.69, 9.17) is 16.3 Å². The lowest BCUT2D eigenvalue weighted by Crippen LogP contribution is -2.21. The van der Waals surface area contributed by atoms with Crippen molar-refractivity contribution < 1.29 is 18.7 Å². The molecule has 1 N–H and O–H groups in total. The van der Waals surface area contributed by atoms with Crippen molar-refractivity contribution in [2.45, 2.75) is 0 Å². The van der Waals surface area contributed by atoms with Gasteiger partial charge in [-0.05, 0) is 29.6 Å². The lowest BCUT2D eigenvalue weighted by Gasteiger charge is -2.07. The minimum Gasteiger partial charge on any atom is -0.451 e. The largest absolute Gasteiger partial charge is 0.451 e. The van der Waals surface area contributed by atoms with Gasteiger partial charge in [0.2, 0.25) is 0 Å². The molecule has 9 heteroatoms. The van der Waals surface area contributed by atoms with E-state index in [1.165, 1.54) is 34.8 Å². The van der Waals surface area contributed by atoms with Crippen molar-refractivity contribution in [1.82, 2.24) is 4.98 Å². The molecule has 3 aromatic rings. The molecule has 0 spiro atoms. The highest BCUT2D eigenvalue weighted by atomic mass is 35.5. The normalized spacial score (nSPS) is 10.5. The maximum absolute atomic E-state index is 13.6. The average molecular weight is 397 g/mol. The monoisotopic (exact) mass is 396 g/mol. The van der Waals surface area contributed by atoms with E-state index in [1.54, 1.807) is 5.38 Å². The van der Waals surface area contributed by atoms with E-state index in [1.807, 2.05) is 17.5 Å². The van der Waals surface area contributed by atoms with Gasteiger partial charge in [-0.25, -0.2) is 14.2 Å². The van der Waals surface area contributed by atoms with Crippen molar-refractivity contribution in [3.8, 4) is 9.88 Å². The van der Waals surface area contributed by atoms with Gasteiger partial charge >= 0.3 is 5.97 Å². The van der Waals surface area contributed by atoms with Crippen molar-refractivity contribution in [1.29, 1.82) is 0 Å². The first-order chi connectivity index (χ1) is 12.0. The third-order valence-electron chi connectivity index (χ3n) is 2.98. The minimum absolute atomic E-state index is 0.0425. The van der Waals surface area contributed by atoms with E-state index >= 15 is 0 Å². The van der Waals surface area contributed by atoms with Crippen LogP contribution in [0.1, 0.15) is 10.5 Å². The van der Waals surface area contributed by atoms with Gasteiger partial charge < -0.3 is 10.1 Å². The smallest absolute Gasteiger partial charge is 0.358 e. The topological polar surface area (TPSA) is 68.3 Å². The van der Waals surface area contributed by atoms with Gasteiger partial charge in [-0.2, -0.15) is 0 Å². The van der Waals surface area contributed by atoms with Gasteiger partial charge in [-0.15, -0.1) is 22.7 Å². The Morgan fingerprint density at radius 3 is 2.84 bits per heavy atom. The number of halogens is 2. The summed E-state index contributed by atoms with van der Waals surface area (Å²) in [6, 6.07) is 7.62. The van der Waals surface area contributed by atoms with Crippen molar-refractivity contribution in [3.63, 3.8) is 0 Å². The number of rotatable bonds is 5. The van der Waals surface area contributed by atoms with Crippen LogP contribution in [0, 0.1) is 5.82 Å². The van der Waals surface area contributed by atoms with E-state index in [9.17, 15) is 14.0 Å². The number of ether oxygens (including phenoxy) is 1. The van der Waals surface area contributed by atoms with E-state index in [0.717, 1.165) is 10.9 Å². The highest BCUT2D eigenvalue weighted by molar-refractivity contribution is 7.20. The van der Waals surface area contributed by atoms with Crippen LogP contribution in [0.3, 0.4) is 0 Å². The summed E-state index contributed by atoms with van der Waals surface area (Å²) >= 11 is 8.46. The van der Waals surface area contributed by atoms with Crippen LogP contribution in [0.5, 0.6) is 0 Å². The maximum atomic E-state index is 13.6. The summed E-state index contributed by atoms with van der Waals surface area (Å²) in [5.41, 5.74) is 0.0814. The molecular weight excluding hydrogens is 387 g/mol. The molecule has 3 rings (SSSR count). The van der Waals surface area contributed by atoms with Crippen molar-refractivity contribution in [2.24, 2.45) is 0 Å². The molecule has 1 aromatic carbocycles. The number of esters is 1. The fourth-order valence-electron chi connectivity index (χ4n) is 1.86. The molecule has 128 valence electrons. The molecule has 25 heavy (non-hydrogen) atoms. The van der Waals surface area contributed by atoms with E-state index < -0.39 is 24.3 Å². The maximum Gasteiger partial charge on any atom is 0.358 e. The number of hydrogen-bond donors (Lipinski definition) is 1. The zero-order valence-electron chi connectivity index (χ0n) is 12.5. The molecule has 2 heterocycles. The second kappa shape index (κ2) is 7.73. The number of aromatic nitrogens is 1. The molecular formula is C16H10ClFN2O3S2. The number of hydrogen-bond acceptors (Lipinski definition) is 6. The number of thiazole rings is 1. The Bertz CT molecular complexity index is 912. The van der Waals surface area contributed by atoms with Crippen molar-refractivity contribution in [3.05, 3.63) is 57.6 Å². The first-order valence-electron chi connectivity index (χ1n) is 6.94. The zero-order chi connectivity index (χ0) is 17.8. The van der Waals surface area contributed by atoms with Crippen LogP contribution in [0.4, 0.5) is 10.1 Å². The predicted octanol–water partition coefficient (Wildman–Crippen LogP) is 4.46. The number of amides is 1. The minimum atomic E-state index is -0.717. The molecule has 2 aromatic heterocycles. The highest BCUT2D eigenvalue weighted by Crippen LogP contribution is 2.28. The Morgan fingerprint density at radius 1 is 1.28 bits per heavy atom. The Kier molecular flexibility index (Phi) is 5.42. The number of carbonyl (C=O) groups is 2. The molecule has 0 aliphatic heterocycles. The Hall–Kier alpha value is -2.29. The number of anilines is 1. The van der Waals surface area contributed by atoms with E-state index in [-0.39, 0.29) is 16.4 Å². The van der Waals surface area contributed by atoms with Crippen LogP contribution in [-0.4, -0.2) is 23.5 Å². The number of nitrogens with one attached hydrogen (secondary N) is 1. The number of carbonyl (C=O) groups excluding carboxylic acids is 2. The fourth-order valence-corrected chi connectivity index (χ4v) is 3.63. The van der Waals surface area contributed by atoms with Gasteiger partial charge in [-0.1, -0.05) is 17.7 Å². The van der Waals surface area contributed by atoms with Gasteiger partial charge in [0.1, 0.15) is 10.8 Å². The summed E-state index contributed by atoms with van der Waals surface area (Å²) in [6.07, 6.45) is 0. The summed E-state index contributed by atoms with van der Waals surface area (Å²) in [5, 5.41) is 6.70. The molecule has 0 bridgehead atoms. The summed E-state index contributed by atoms with van der Waals surface area (Å²) in [7, 11) is 0. The standard InChI is InChI=1S/C16H10ClFN2O3S2/c17-9-3-4-11(10(18)6-9)19-14(21)7-23-16(22)12-8-25-15(20-12)13-2-1-5-24-13/h1-6,8H,7H2,(H,19,21). The van der Waals surface area contributed by atoms with Gasteiger partial charge in [0.05, 0.1) is 10.6 Å².